The molecule has 1 unspecified atom stereocenters. The Morgan fingerprint density at radius 2 is 1.79 bits per heavy atom. The lowest BCUT2D eigenvalue weighted by Gasteiger charge is -2.22. The summed E-state index contributed by atoms with van der Waals surface area (Å²) in [6.45, 7) is 2.12. The number of amides is 1. The van der Waals surface area contributed by atoms with Gasteiger partial charge < -0.3 is 9.42 Å². The summed E-state index contributed by atoms with van der Waals surface area (Å²) in [5, 5.41) is 0. The molecular formula is C17H27NO5P-. The van der Waals surface area contributed by atoms with Crippen LogP contribution in [0.2, 0.25) is 0 Å². The van der Waals surface area contributed by atoms with E-state index in [0.29, 0.717) is 6.42 Å². The van der Waals surface area contributed by atoms with Crippen LogP contribution in [0.15, 0.2) is 30.3 Å². The van der Waals surface area contributed by atoms with E-state index in [2.05, 4.69) is 11.5 Å². The van der Waals surface area contributed by atoms with Crippen molar-refractivity contribution in [2.75, 3.05) is 6.61 Å². The van der Waals surface area contributed by atoms with Crippen molar-refractivity contribution in [3.63, 3.8) is 0 Å². The molecule has 24 heavy (non-hydrogen) atoms. The Bertz CT molecular complexity index is 509. The van der Waals surface area contributed by atoms with E-state index in [0.717, 1.165) is 24.8 Å². The van der Waals surface area contributed by atoms with E-state index in [1.807, 2.05) is 35.8 Å². The molecule has 1 aromatic rings. The molecule has 0 aliphatic heterocycles. The molecule has 1 amide bonds. The largest absolute Gasteiger partial charge is 0.755 e. The Kier molecular flexibility index (Phi) is 10.6. The summed E-state index contributed by atoms with van der Waals surface area (Å²) < 4.78 is 20.7. The fourth-order valence-electron chi connectivity index (χ4n) is 2.17. The van der Waals surface area contributed by atoms with Gasteiger partial charge in [0.1, 0.15) is 0 Å². The van der Waals surface area contributed by atoms with Crippen molar-refractivity contribution < 1.29 is 23.4 Å². The molecule has 1 rings (SSSR count). The topological polar surface area (TPSA) is 87.7 Å². The Hall–Kier alpha value is -1.20. The number of hydrogen-bond donors (Lipinski definition) is 1. The first-order valence-electron chi connectivity index (χ1n) is 8.50. The van der Waals surface area contributed by atoms with Gasteiger partial charge in [0.05, 0.1) is 6.61 Å². The number of rotatable bonds is 13. The van der Waals surface area contributed by atoms with E-state index in [9.17, 15) is 14.3 Å². The van der Waals surface area contributed by atoms with Crippen LogP contribution in [0.4, 0.5) is 0 Å². The van der Waals surface area contributed by atoms with Gasteiger partial charge in [-0.25, -0.2) is 10.1 Å². The molecule has 0 saturated carbocycles. The summed E-state index contributed by atoms with van der Waals surface area (Å²) >= 11 is 0. The van der Waals surface area contributed by atoms with Gasteiger partial charge in [-0.3, -0.25) is 9.36 Å². The van der Waals surface area contributed by atoms with Crippen molar-refractivity contribution in [2.24, 2.45) is 0 Å². The monoisotopic (exact) mass is 356 g/mol. The predicted molar refractivity (Wildman–Crippen MR) is 90.9 cm³/mol. The van der Waals surface area contributed by atoms with Gasteiger partial charge in [0.2, 0.25) is 5.91 Å². The second kappa shape index (κ2) is 12.2. The number of benzene rings is 1. The highest BCUT2D eigenvalue weighted by Crippen LogP contribution is 2.36. The minimum atomic E-state index is -4.52. The highest BCUT2D eigenvalue weighted by atomic mass is 31.2. The molecule has 1 aromatic carbocycles. The van der Waals surface area contributed by atoms with Gasteiger partial charge in [0, 0.05) is 6.42 Å². The van der Waals surface area contributed by atoms with Crippen molar-refractivity contribution in [3.05, 3.63) is 35.9 Å². The van der Waals surface area contributed by atoms with Gasteiger partial charge in [-0.2, -0.15) is 0 Å². The predicted octanol–water partition coefficient (Wildman–Crippen LogP) is 3.51. The van der Waals surface area contributed by atoms with E-state index in [-0.39, 0.29) is 13.0 Å². The maximum absolute atomic E-state index is 11.5. The number of carbonyl (C=O) groups excluding carboxylic acids is 1. The molecule has 7 heteroatoms. The molecule has 0 fully saturated rings. The Labute approximate surface area is 144 Å². The number of phosphoric acid groups is 1. The average Bonchev–Trinajstić information content (AvgIpc) is 2.57. The maximum Gasteiger partial charge on any atom is 0.290 e. The zero-order valence-corrected chi connectivity index (χ0v) is 15.1. The van der Waals surface area contributed by atoms with Crippen LogP contribution >= 0.6 is 7.82 Å². The molecule has 0 heterocycles. The lowest BCUT2D eigenvalue weighted by Crippen LogP contribution is -2.25. The maximum atomic E-state index is 11.5. The molecular weight excluding hydrogens is 329 g/mol. The van der Waals surface area contributed by atoms with Crippen LogP contribution < -0.4 is 10.4 Å². The Morgan fingerprint density at radius 3 is 2.50 bits per heavy atom. The van der Waals surface area contributed by atoms with Crippen molar-refractivity contribution in [2.45, 2.75) is 58.3 Å². The summed E-state index contributed by atoms with van der Waals surface area (Å²) in [5.74, 6) is -0.451. The minimum Gasteiger partial charge on any atom is -0.755 e. The van der Waals surface area contributed by atoms with E-state index >= 15 is 0 Å². The van der Waals surface area contributed by atoms with Crippen LogP contribution in [0.5, 0.6) is 0 Å². The molecule has 0 bridgehead atoms. The first-order chi connectivity index (χ1) is 11.5. The van der Waals surface area contributed by atoms with Gasteiger partial charge in [0.15, 0.2) is 0 Å². The lowest BCUT2D eigenvalue weighted by molar-refractivity contribution is -0.231. The first kappa shape index (κ1) is 20.8. The van der Waals surface area contributed by atoms with Gasteiger partial charge in [0.25, 0.3) is 7.82 Å². The average molecular weight is 356 g/mol. The third kappa shape index (κ3) is 10.6. The zero-order chi connectivity index (χ0) is 17.7. The summed E-state index contributed by atoms with van der Waals surface area (Å²) in [5.41, 5.74) is 2.90. The number of nitrogens with one attached hydrogen (secondary N) is 1. The molecule has 1 atom stereocenters. The first-order valence-corrected chi connectivity index (χ1v) is 9.96. The van der Waals surface area contributed by atoms with Crippen LogP contribution in [-0.2, 0) is 24.9 Å². The van der Waals surface area contributed by atoms with Crippen molar-refractivity contribution in [1.82, 2.24) is 5.48 Å². The molecule has 0 aliphatic rings. The number of hydroxylamine groups is 1. The standard InChI is InChI=1S/C17H28NO5P/c1-2-3-4-5-6-10-13-17(19)18-23-24(20,21)22-15-14-16-11-8-7-9-12-16/h7-9,11-12H,2-6,10,13-15H2,1H3,(H,18,19)(H,20,21)/p-1. The van der Waals surface area contributed by atoms with Crippen LogP contribution in [0.25, 0.3) is 0 Å². The van der Waals surface area contributed by atoms with E-state index < -0.39 is 13.7 Å². The van der Waals surface area contributed by atoms with Crippen molar-refractivity contribution >= 4 is 13.7 Å². The molecule has 1 N–H and O–H groups in total. The minimum absolute atomic E-state index is 0.0297. The molecule has 136 valence electrons. The third-order valence-corrected chi connectivity index (χ3v) is 4.33. The van der Waals surface area contributed by atoms with E-state index in [1.54, 1.807) is 0 Å². The summed E-state index contributed by atoms with van der Waals surface area (Å²) in [6, 6.07) is 9.37. The molecule has 6 nitrogen and oxygen atoms in total. The van der Waals surface area contributed by atoms with Crippen molar-refractivity contribution in [3.8, 4) is 0 Å². The van der Waals surface area contributed by atoms with Crippen LogP contribution in [0, 0.1) is 0 Å². The van der Waals surface area contributed by atoms with Gasteiger partial charge in [-0.1, -0.05) is 69.4 Å². The third-order valence-electron chi connectivity index (χ3n) is 3.51. The number of unbranched alkanes of at least 4 members (excludes halogenated alkanes) is 5. The number of carbonyl (C=O) groups is 1. The Balaban J connectivity index is 2.10. The highest BCUT2D eigenvalue weighted by molar-refractivity contribution is 7.45. The van der Waals surface area contributed by atoms with Crippen LogP contribution in [0.1, 0.15) is 57.4 Å². The molecule has 0 aliphatic carbocycles. The number of phosphoric ester groups is 1. The van der Waals surface area contributed by atoms with Gasteiger partial charge >= 0.3 is 0 Å². The second-order valence-electron chi connectivity index (χ2n) is 5.65. The lowest BCUT2D eigenvalue weighted by atomic mass is 10.1. The fourth-order valence-corrected chi connectivity index (χ4v) is 2.75. The van der Waals surface area contributed by atoms with Crippen LogP contribution in [0.3, 0.4) is 0 Å². The van der Waals surface area contributed by atoms with Crippen molar-refractivity contribution in [1.29, 1.82) is 0 Å². The molecule has 0 saturated heterocycles. The SMILES string of the molecule is CCCCCCCCC(=O)NOP(=O)([O-])OCCc1ccccc1. The molecule has 0 spiro atoms. The van der Waals surface area contributed by atoms with E-state index in [4.69, 9.17) is 4.52 Å². The summed E-state index contributed by atoms with van der Waals surface area (Å²) in [4.78, 5) is 23.1. The zero-order valence-electron chi connectivity index (χ0n) is 14.2. The number of hydrogen-bond acceptors (Lipinski definition) is 5. The van der Waals surface area contributed by atoms with Gasteiger partial charge in [-0.05, 0) is 18.4 Å². The summed E-state index contributed by atoms with van der Waals surface area (Å²) in [6.07, 6.45) is 7.00. The molecule has 0 aromatic heterocycles. The summed E-state index contributed by atoms with van der Waals surface area (Å²) in [7, 11) is -4.52. The van der Waals surface area contributed by atoms with E-state index in [1.165, 1.54) is 19.3 Å². The normalized spacial score (nSPS) is 13.4. The highest BCUT2D eigenvalue weighted by Gasteiger charge is 2.12. The van der Waals surface area contributed by atoms with Gasteiger partial charge in [-0.15, -0.1) is 0 Å². The Morgan fingerprint density at radius 1 is 1.12 bits per heavy atom. The van der Waals surface area contributed by atoms with Crippen LogP contribution in [-0.4, -0.2) is 12.5 Å². The smallest absolute Gasteiger partial charge is 0.290 e. The second-order valence-corrected chi connectivity index (χ2v) is 6.99. The fraction of sp³-hybridized carbons (Fsp3) is 0.588. The quantitative estimate of drug-likeness (QED) is 0.332. The molecule has 0 radical (unpaired) electrons.